The Morgan fingerprint density at radius 3 is 2.81 bits per heavy atom. The highest BCUT2D eigenvalue weighted by molar-refractivity contribution is 5.79. The van der Waals surface area contributed by atoms with Crippen LogP contribution in [0.2, 0.25) is 0 Å². The molecular weight excluding hydrogens is 334 g/mol. The number of hydrogen-bond acceptors (Lipinski definition) is 6. The number of aryl methyl sites for hydroxylation is 1. The average Bonchev–Trinajstić information content (AvgIpc) is 3.24. The second-order valence-corrected chi connectivity index (χ2v) is 6.71. The van der Waals surface area contributed by atoms with E-state index in [0.29, 0.717) is 44.4 Å². The van der Waals surface area contributed by atoms with Crippen molar-refractivity contribution in [1.29, 1.82) is 0 Å². The summed E-state index contributed by atoms with van der Waals surface area (Å²) >= 11 is 0. The van der Waals surface area contributed by atoms with Gasteiger partial charge in [0.2, 0.25) is 11.8 Å². The van der Waals surface area contributed by atoms with E-state index in [4.69, 9.17) is 14.0 Å². The number of carbonyl (C=O) groups is 1. The minimum Gasteiger partial charge on any atom is -0.384 e. The highest BCUT2D eigenvalue weighted by Gasteiger charge is 2.39. The number of likely N-dealkylation sites (tertiary alicyclic amines) is 1. The molecule has 0 unspecified atom stereocenters. The Hall–Kier alpha value is -2.25. The maximum atomic E-state index is 12.8. The number of carbonyl (C=O) groups excluding carboxylic acids is 1. The molecule has 7 nitrogen and oxygen atoms in total. The van der Waals surface area contributed by atoms with Gasteiger partial charge in [-0.2, -0.15) is 4.98 Å². The highest BCUT2D eigenvalue weighted by atomic mass is 16.5. The molecule has 0 bridgehead atoms. The first-order valence-electron chi connectivity index (χ1n) is 8.75. The molecule has 0 saturated carbocycles. The zero-order chi connectivity index (χ0) is 18.5. The molecule has 1 saturated heterocycles. The number of hydrogen-bond donors (Lipinski definition) is 0. The number of methoxy groups -OCH3 is 2. The van der Waals surface area contributed by atoms with Crippen molar-refractivity contribution >= 4 is 5.91 Å². The smallest absolute Gasteiger partial charge is 0.232 e. The minimum absolute atomic E-state index is 0.0196. The van der Waals surface area contributed by atoms with Crippen LogP contribution in [0.15, 0.2) is 28.8 Å². The van der Waals surface area contributed by atoms with E-state index in [0.717, 1.165) is 11.1 Å². The van der Waals surface area contributed by atoms with E-state index in [9.17, 15) is 4.79 Å². The molecule has 2 atom stereocenters. The second-order valence-electron chi connectivity index (χ2n) is 6.71. The Balaban J connectivity index is 1.71. The molecule has 0 spiro atoms. The molecule has 0 radical (unpaired) electrons. The summed E-state index contributed by atoms with van der Waals surface area (Å²) in [6.45, 7) is 4.07. The van der Waals surface area contributed by atoms with Crippen molar-refractivity contribution < 1.29 is 18.8 Å². The van der Waals surface area contributed by atoms with E-state index in [2.05, 4.69) is 10.1 Å². The van der Waals surface area contributed by atoms with Crippen molar-refractivity contribution in [1.82, 2.24) is 15.0 Å². The van der Waals surface area contributed by atoms with E-state index in [1.807, 2.05) is 36.1 Å². The van der Waals surface area contributed by atoms with Crippen molar-refractivity contribution in [3.05, 3.63) is 47.1 Å². The Labute approximate surface area is 153 Å². The fourth-order valence-corrected chi connectivity index (χ4v) is 3.43. The fraction of sp³-hybridized carbons (Fsp3) is 0.526. The third-order valence-electron chi connectivity index (χ3n) is 4.85. The summed E-state index contributed by atoms with van der Waals surface area (Å²) in [7, 11) is 3.25. The summed E-state index contributed by atoms with van der Waals surface area (Å²) in [5.74, 6) is 1.29. The molecule has 3 rings (SSSR count). The van der Waals surface area contributed by atoms with Crippen LogP contribution in [0.4, 0.5) is 0 Å². The largest absolute Gasteiger partial charge is 0.384 e. The molecule has 1 aromatic heterocycles. The Morgan fingerprint density at radius 2 is 2.08 bits per heavy atom. The quantitative estimate of drug-likeness (QED) is 0.752. The normalized spacial score (nSPS) is 19.9. The molecule has 2 aromatic rings. The van der Waals surface area contributed by atoms with Gasteiger partial charge in [0, 0.05) is 33.2 Å². The van der Waals surface area contributed by atoms with E-state index in [-0.39, 0.29) is 17.7 Å². The number of ether oxygens (including phenoxy) is 2. The lowest BCUT2D eigenvalue weighted by atomic mass is 9.97. The fourth-order valence-electron chi connectivity index (χ4n) is 3.43. The van der Waals surface area contributed by atoms with Crippen LogP contribution in [0.1, 0.15) is 28.8 Å². The second kappa shape index (κ2) is 8.42. The maximum absolute atomic E-state index is 12.8. The van der Waals surface area contributed by atoms with Crippen LogP contribution >= 0.6 is 0 Å². The lowest BCUT2D eigenvalue weighted by molar-refractivity contribution is -0.129. The molecule has 1 aliphatic rings. The van der Waals surface area contributed by atoms with Gasteiger partial charge in [0.15, 0.2) is 5.82 Å². The highest BCUT2D eigenvalue weighted by Crippen LogP contribution is 2.32. The number of nitrogens with zero attached hydrogens (tertiary/aromatic N) is 3. The predicted molar refractivity (Wildman–Crippen MR) is 94.6 cm³/mol. The number of aromatic nitrogens is 2. The third-order valence-corrected chi connectivity index (χ3v) is 4.85. The summed E-state index contributed by atoms with van der Waals surface area (Å²) in [6.07, 6.45) is 0.401. The molecule has 1 aromatic carbocycles. The molecule has 0 N–H and O–H groups in total. The van der Waals surface area contributed by atoms with Gasteiger partial charge in [-0.1, -0.05) is 29.4 Å². The van der Waals surface area contributed by atoms with Gasteiger partial charge in [-0.05, 0) is 18.1 Å². The van der Waals surface area contributed by atoms with Crippen molar-refractivity contribution in [2.75, 3.05) is 33.9 Å². The molecule has 1 fully saturated rings. The van der Waals surface area contributed by atoms with Gasteiger partial charge < -0.3 is 18.9 Å². The molecule has 140 valence electrons. The van der Waals surface area contributed by atoms with Crippen molar-refractivity contribution in [2.45, 2.75) is 25.9 Å². The Morgan fingerprint density at radius 1 is 1.27 bits per heavy atom. The van der Waals surface area contributed by atoms with Gasteiger partial charge in [-0.15, -0.1) is 0 Å². The SMILES string of the molecule is COCc1noc([C@@H]2CN(C(=O)Cc3ccccc3C)C[C@H]2COC)n1. The first-order valence-corrected chi connectivity index (χ1v) is 8.75. The predicted octanol–water partition coefficient (Wildman–Crippen LogP) is 1.96. The lowest BCUT2D eigenvalue weighted by Crippen LogP contribution is -2.30. The number of benzene rings is 1. The van der Waals surface area contributed by atoms with Gasteiger partial charge in [0.05, 0.1) is 18.9 Å². The van der Waals surface area contributed by atoms with Crippen LogP contribution in [-0.2, 0) is 27.3 Å². The molecule has 7 heteroatoms. The first kappa shape index (κ1) is 18.5. The van der Waals surface area contributed by atoms with Crippen LogP contribution in [0.25, 0.3) is 0 Å². The lowest BCUT2D eigenvalue weighted by Gasteiger charge is -2.17. The van der Waals surface area contributed by atoms with Crippen LogP contribution in [0.3, 0.4) is 0 Å². The van der Waals surface area contributed by atoms with Gasteiger partial charge in [0.25, 0.3) is 0 Å². The zero-order valence-electron chi connectivity index (χ0n) is 15.5. The topological polar surface area (TPSA) is 77.7 Å². The van der Waals surface area contributed by atoms with Crippen LogP contribution < -0.4 is 0 Å². The van der Waals surface area contributed by atoms with Crippen molar-refractivity contribution in [3.8, 4) is 0 Å². The van der Waals surface area contributed by atoms with Crippen LogP contribution in [0.5, 0.6) is 0 Å². The Kier molecular flexibility index (Phi) is 6.00. The molecular formula is C19H25N3O4. The summed E-state index contributed by atoms with van der Waals surface area (Å²) in [4.78, 5) is 19.1. The van der Waals surface area contributed by atoms with E-state index < -0.39 is 0 Å². The molecule has 1 aliphatic heterocycles. The molecule has 1 amide bonds. The van der Waals surface area contributed by atoms with E-state index in [1.54, 1.807) is 14.2 Å². The Bertz CT molecular complexity index is 746. The van der Waals surface area contributed by atoms with Gasteiger partial charge >= 0.3 is 0 Å². The first-order chi connectivity index (χ1) is 12.6. The van der Waals surface area contributed by atoms with Crippen LogP contribution in [-0.4, -0.2) is 54.9 Å². The van der Waals surface area contributed by atoms with Crippen LogP contribution in [0, 0.1) is 12.8 Å². The summed E-state index contributed by atoms with van der Waals surface area (Å²) < 4.78 is 15.8. The van der Waals surface area contributed by atoms with Gasteiger partial charge in [-0.25, -0.2) is 0 Å². The van der Waals surface area contributed by atoms with Crippen molar-refractivity contribution in [2.24, 2.45) is 5.92 Å². The van der Waals surface area contributed by atoms with E-state index in [1.165, 1.54) is 0 Å². The monoisotopic (exact) mass is 359 g/mol. The van der Waals surface area contributed by atoms with Gasteiger partial charge in [-0.3, -0.25) is 4.79 Å². The third kappa shape index (κ3) is 4.11. The standard InChI is InChI=1S/C19H25N3O4/c1-13-6-4-5-7-14(13)8-18(23)22-9-15(11-24-2)16(10-22)19-20-17(12-25-3)21-26-19/h4-7,15-16H,8-12H2,1-3H3/t15-,16+/m0/s1. The number of rotatable bonds is 7. The van der Waals surface area contributed by atoms with Gasteiger partial charge in [0.1, 0.15) is 6.61 Å². The molecule has 2 heterocycles. The summed E-state index contributed by atoms with van der Waals surface area (Å²) in [6, 6.07) is 7.98. The maximum Gasteiger partial charge on any atom is 0.232 e. The minimum atomic E-state index is -0.0196. The van der Waals surface area contributed by atoms with E-state index >= 15 is 0 Å². The molecule has 0 aliphatic carbocycles. The summed E-state index contributed by atoms with van der Waals surface area (Å²) in [5.41, 5.74) is 2.19. The zero-order valence-corrected chi connectivity index (χ0v) is 15.5. The van der Waals surface area contributed by atoms with Crippen molar-refractivity contribution in [3.63, 3.8) is 0 Å². The molecule has 26 heavy (non-hydrogen) atoms. The average molecular weight is 359 g/mol. The summed E-state index contributed by atoms with van der Waals surface area (Å²) in [5, 5.41) is 3.94. The number of amides is 1.